The second kappa shape index (κ2) is 5.83. The summed E-state index contributed by atoms with van der Waals surface area (Å²) >= 11 is 0. The number of aldehydes is 1. The van der Waals surface area contributed by atoms with Crippen molar-refractivity contribution in [1.82, 2.24) is 9.78 Å². The fraction of sp³-hybridized carbons (Fsp3) is 0.263. The summed E-state index contributed by atoms with van der Waals surface area (Å²) in [6.45, 7) is 1.87. The molecule has 1 aromatic carbocycles. The summed E-state index contributed by atoms with van der Waals surface area (Å²) < 4.78 is 16.2. The van der Waals surface area contributed by atoms with Gasteiger partial charge < -0.3 is 9.69 Å². The zero-order chi connectivity index (χ0) is 17.6. The molecule has 25 heavy (non-hydrogen) atoms. The maximum Gasteiger partial charge on any atom is 0.133 e. The first-order valence-corrected chi connectivity index (χ1v) is 8.16. The van der Waals surface area contributed by atoms with Gasteiger partial charge in [0.2, 0.25) is 0 Å². The minimum Gasteiger partial charge on any atom is -0.311 e. The number of carbonyl (C=O) groups is 1. The summed E-state index contributed by atoms with van der Waals surface area (Å²) in [7, 11) is 0. The Morgan fingerprint density at radius 3 is 2.88 bits per heavy atom. The molecule has 6 heteroatoms. The standard InChI is InChI=1S/C19H16FN3O2/c1-12-6-14(11-25)17-8-18(20)13(4-5-24)7-19(17)23(12)16-9-21-22(10-16)15-2-3-15/h5-10,15H,2-4H2,1H3. The Kier molecular flexibility index (Phi) is 3.62. The van der Waals surface area contributed by atoms with Gasteiger partial charge in [0.25, 0.3) is 0 Å². The third kappa shape index (κ3) is 2.61. The van der Waals surface area contributed by atoms with Crippen LogP contribution in [0, 0.1) is 5.82 Å². The lowest BCUT2D eigenvalue weighted by Gasteiger charge is -2.30. The molecule has 5 nitrogen and oxygen atoms in total. The van der Waals surface area contributed by atoms with E-state index in [0.29, 0.717) is 34.7 Å². The van der Waals surface area contributed by atoms with Gasteiger partial charge in [-0.2, -0.15) is 5.10 Å². The number of allylic oxidation sites excluding steroid dienone is 3. The number of benzene rings is 1. The van der Waals surface area contributed by atoms with Gasteiger partial charge in [-0.25, -0.2) is 9.18 Å². The summed E-state index contributed by atoms with van der Waals surface area (Å²) in [6, 6.07) is 3.38. The van der Waals surface area contributed by atoms with Crippen molar-refractivity contribution in [3.8, 4) is 0 Å². The van der Waals surface area contributed by atoms with Gasteiger partial charge in [0, 0.05) is 23.9 Å². The van der Waals surface area contributed by atoms with Crippen LogP contribution >= 0.6 is 0 Å². The Hall–Kier alpha value is -2.98. The van der Waals surface area contributed by atoms with Crippen molar-refractivity contribution in [2.75, 3.05) is 4.90 Å². The lowest BCUT2D eigenvalue weighted by atomic mass is 9.95. The molecule has 0 saturated heterocycles. The average Bonchev–Trinajstić information content (AvgIpc) is 3.34. The quantitative estimate of drug-likeness (QED) is 0.634. The monoisotopic (exact) mass is 337 g/mol. The van der Waals surface area contributed by atoms with E-state index in [1.54, 1.807) is 18.3 Å². The van der Waals surface area contributed by atoms with Crippen molar-refractivity contribution in [2.45, 2.75) is 32.2 Å². The molecule has 0 spiro atoms. The third-order valence-electron chi connectivity index (χ3n) is 4.58. The molecule has 1 fully saturated rings. The van der Waals surface area contributed by atoms with Gasteiger partial charge in [-0.15, -0.1) is 0 Å². The maximum atomic E-state index is 14.3. The molecule has 0 atom stereocenters. The molecule has 126 valence electrons. The van der Waals surface area contributed by atoms with Gasteiger partial charge >= 0.3 is 0 Å². The summed E-state index contributed by atoms with van der Waals surface area (Å²) in [5.74, 6) is 1.38. The lowest BCUT2D eigenvalue weighted by molar-refractivity contribution is -0.107. The number of carbonyl (C=O) groups excluding carboxylic acids is 2. The molecule has 2 aromatic rings. The van der Waals surface area contributed by atoms with Crippen molar-refractivity contribution in [1.29, 1.82) is 0 Å². The smallest absolute Gasteiger partial charge is 0.133 e. The molecule has 0 amide bonds. The number of fused-ring (bicyclic) bond motifs is 1. The summed E-state index contributed by atoms with van der Waals surface area (Å²) in [4.78, 5) is 24.1. The first-order valence-electron chi connectivity index (χ1n) is 8.16. The fourth-order valence-corrected chi connectivity index (χ4v) is 3.20. The van der Waals surface area contributed by atoms with E-state index in [1.807, 2.05) is 28.6 Å². The van der Waals surface area contributed by atoms with Gasteiger partial charge in [-0.1, -0.05) is 0 Å². The molecule has 0 radical (unpaired) electrons. The van der Waals surface area contributed by atoms with Crippen LogP contribution < -0.4 is 4.90 Å². The van der Waals surface area contributed by atoms with Crippen LogP contribution in [0.1, 0.15) is 36.9 Å². The van der Waals surface area contributed by atoms with Gasteiger partial charge in [0.1, 0.15) is 18.0 Å². The van der Waals surface area contributed by atoms with Crippen LogP contribution in [0.2, 0.25) is 0 Å². The van der Waals surface area contributed by atoms with E-state index in [4.69, 9.17) is 0 Å². The van der Waals surface area contributed by atoms with Gasteiger partial charge in [-0.05, 0) is 43.5 Å². The number of nitrogens with zero attached hydrogens (tertiary/aromatic N) is 3. The van der Waals surface area contributed by atoms with E-state index in [0.717, 1.165) is 24.2 Å². The SMILES string of the molecule is CC1=CC(=C=O)c2cc(F)c(CC=O)cc2N1c1cnn(C2CC2)c1. The minimum absolute atomic E-state index is 0.0167. The maximum absolute atomic E-state index is 14.3. The van der Waals surface area contributed by atoms with Crippen molar-refractivity contribution in [3.63, 3.8) is 0 Å². The molecular formula is C19H16FN3O2. The molecule has 1 aliphatic heterocycles. The van der Waals surface area contributed by atoms with E-state index < -0.39 is 5.82 Å². The summed E-state index contributed by atoms with van der Waals surface area (Å²) in [5, 5.41) is 4.41. The van der Waals surface area contributed by atoms with E-state index >= 15 is 0 Å². The van der Waals surface area contributed by atoms with E-state index in [9.17, 15) is 14.0 Å². The zero-order valence-corrected chi connectivity index (χ0v) is 13.7. The van der Waals surface area contributed by atoms with Crippen LogP contribution in [0.4, 0.5) is 15.8 Å². The van der Waals surface area contributed by atoms with Crippen molar-refractivity contribution >= 4 is 29.2 Å². The molecule has 1 aliphatic carbocycles. The highest BCUT2D eigenvalue weighted by Crippen LogP contribution is 2.42. The normalized spacial score (nSPS) is 16.3. The predicted octanol–water partition coefficient (Wildman–Crippen LogP) is 3.37. The van der Waals surface area contributed by atoms with Crippen LogP contribution in [0.25, 0.3) is 5.57 Å². The van der Waals surface area contributed by atoms with Gasteiger partial charge in [0.05, 0.1) is 29.2 Å². The first kappa shape index (κ1) is 15.5. The number of hydrogen-bond donors (Lipinski definition) is 0. The van der Waals surface area contributed by atoms with Crippen molar-refractivity contribution < 1.29 is 14.0 Å². The van der Waals surface area contributed by atoms with Crippen LogP contribution in [-0.4, -0.2) is 22.0 Å². The van der Waals surface area contributed by atoms with Crippen LogP contribution in [-0.2, 0) is 16.0 Å². The van der Waals surface area contributed by atoms with Gasteiger partial charge in [-0.3, -0.25) is 4.68 Å². The third-order valence-corrected chi connectivity index (χ3v) is 4.58. The zero-order valence-electron chi connectivity index (χ0n) is 13.7. The Bertz CT molecular complexity index is 950. The molecule has 4 rings (SSSR count). The minimum atomic E-state index is -0.500. The van der Waals surface area contributed by atoms with Crippen molar-refractivity contribution in [2.24, 2.45) is 0 Å². The van der Waals surface area contributed by atoms with Crippen LogP contribution in [0.15, 0.2) is 36.3 Å². The molecule has 0 N–H and O–H groups in total. The highest BCUT2D eigenvalue weighted by molar-refractivity contribution is 6.01. The summed E-state index contributed by atoms with van der Waals surface area (Å²) in [6.07, 6.45) is 8.30. The highest BCUT2D eigenvalue weighted by atomic mass is 19.1. The molecule has 2 heterocycles. The number of halogens is 1. The van der Waals surface area contributed by atoms with Crippen molar-refractivity contribution in [3.05, 3.63) is 53.2 Å². The Morgan fingerprint density at radius 1 is 1.40 bits per heavy atom. The number of rotatable bonds is 4. The second-order valence-electron chi connectivity index (χ2n) is 6.38. The molecule has 1 aromatic heterocycles. The number of anilines is 2. The fourth-order valence-electron chi connectivity index (χ4n) is 3.20. The number of aromatic nitrogens is 2. The Balaban J connectivity index is 1.88. The Labute approximate surface area is 144 Å². The highest BCUT2D eigenvalue weighted by Gasteiger charge is 2.28. The number of hydrogen-bond acceptors (Lipinski definition) is 4. The first-order chi connectivity index (χ1) is 12.1. The predicted molar refractivity (Wildman–Crippen MR) is 91.7 cm³/mol. The second-order valence-corrected chi connectivity index (χ2v) is 6.38. The summed E-state index contributed by atoms with van der Waals surface area (Å²) in [5.41, 5.74) is 3.38. The van der Waals surface area contributed by atoms with E-state index in [1.165, 1.54) is 6.07 Å². The topological polar surface area (TPSA) is 55.2 Å². The molecule has 0 unspecified atom stereocenters. The van der Waals surface area contributed by atoms with E-state index in [-0.39, 0.29) is 6.42 Å². The van der Waals surface area contributed by atoms with E-state index in [2.05, 4.69) is 5.10 Å². The largest absolute Gasteiger partial charge is 0.311 e. The molecule has 1 saturated carbocycles. The van der Waals surface area contributed by atoms with Gasteiger partial charge in [0.15, 0.2) is 0 Å². The van der Waals surface area contributed by atoms with Crippen LogP contribution in [0.5, 0.6) is 0 Å². The lowest BCUT2D eigenvalue weighted by Crippen LogP contribution is -2.20. The molecule has 0 bridgehead atoms. The Morgan fingerprint density at radius 2 is 2.20 bits per heavy atom. The van der Waals surface area contributed by atoms with Crippen LogP contribution in [0.3, 0.4) is 0 Å². The average molecular weight is 337 g/mol. The molecular weight excluding hydrogens is 321 g/mol. The molecule has 2 aliphatic rings.